The molecule has 1 N–H and O–H groups in total. The number of sulfonamides is 1. The minimum atomic E-state index is -4.28. The molecule has 11 heteroatoms. The predicted octanol–water partition coefficient (Wildman–Crippen LogP) is 1.68. The third kappa shape index (κ3) is 4.71. The zero-order valence-corrected chi connectivity index (χ0v) is 16.5. The Bertz CT molecular complexity index is 949. The highest BCUT2D eigenvalue weighted by molar-refractivity contribution is 7.89. The number of hydrogen-bond donors (Lipinski definition) is 1. The van der Waals surface area contributed by atoms with Crippen LogP contribution in [0.1, 0.15) is 25.1 Å². The molecule has 28 heavy (non-hydrogen) atoms. The van der Waals surface area contributed by atoms with Crippen molar-refractivity contribution in [3.05, 3.63) is 35.7 Å². The summed E-state index contributed by atoms with van der Waals surface area (Å²) in [6, 6.07) is 2.26. The minimum absolute atomic E-state index is 0.194. The normalized spacial score (nSPS) is 14.9. The van der Waals surface area contributed by atoms with Gasteiger partial charge in [-0.05, 0) is 37.5 Å². The summed E-state index contributed by atoms with van der Waals surface area (Å²) in [5.41, 5.74) is 0. The first-order valence-electron chi connectivity index (χ1n) is 8.88. The lowest BCUT2D eigenvalue weighted by molar-refractivity contribution is 0.543. The van der Waals surface area contributed by atoms with Crippen molar-refractivity contribution in [2.24, 2.45) is 0 Å². The predicted molar refractivity (Wildman–Crippen MR) is 101 cm³/mol. The molecule has 3 rings (SSSR count). The number of nitrogens with zero attached hydrogens (tertiary/aromatic N) is 5. The quantitative estimate of drug-likeness (QED) is 0.772. The Labute approximate surface area is 162 Å². The summed E-state index contributed by atoms with van der Waals surface area (Å²) in [4.78, 5) is 16.0. The molecule has 0 atom stereocenters. The van der Waals surface area contributed by atoms with Gasteiger partial charge in [-0.15, -0.1) is 0 Å². The molecule has 1 aromatic heterocycles. The van der Waals surface area contributed by atoms with Gasteiger partial charge in [0.25, 0.3) is 0 Å². The number of piperidine rings is 1. The van der Waals surface area contributed by atoms with E-state index in [0.29, 0.717) is 18.0 Å². The maximum Gasteiger partial charge on any atom is 0.243 e. The maximum atomic E-state index is 13.8. The average Bonchev–Trinajstić information content (AvgIpc) is 2.68. The SMILES string of the molecule is CN(C)c1nc(CNS(=O)(=O)c2cc(F)ccc2F)nc(N2CCCCC2)n1. The fraction of sp³-hybridized carbons (Fsp3) is 0.471. The van der Waals surface area contributed by atoms with E-state index in [2.05, 4.69) is 19.7 Å². The van der Waals surface area contributed by atoms with Crippen molar-refractivity contribution in [3.8, 4) is 0 Å². The Morgan fingerprint density at radius 2 is 1.82 bits per heavy atom. The lowest BCUT2D eigenvalue weighted by atomic mass is 10.1. The largest absolute Gasteiger partial charge is 0.347 e. The van der Waals surface area contributed by atoms with Gasteiger partial charge in [0.1, 0.15) is 16.5 Å². The lowest BCUT2D eigenvalue weighted by Gasteiger charge is -2.27. The molecule has 2 heterocycles. The van der Waals surface area contributed by atoms with Gasteiger partial charge in [0, 0.05) is 27.2 Å². The molecule has 8 nitrogen and oxygen atoms in total. The molecule has 0 unspecified atom stereocenters. The van der Waals surface area contributed by atoms with Crippen LogP contribution in [0.15, 0.2) is 23.1 Å². The summed E-state index contributed by atoms with van der Waals surface area (Å²) >= 11 is 0. The summed E-state index contributed by atoms with van der Waals surface area (Å²) in [5, 5.41) is 0. The Hall–Kier alpha value is -2.40. The molecule has 1 aromatic carbocycles. The second-order valence-corrected chi connectivity index (χ2v) is 8.43. The van der Waals surface area contributed by atoms with Gasteiger partial charge in [-0.25, -0.2) is 21.9 Å². The molecule has 1 saturated heterocycles. The van der Waals surface area contributed by atoms with E-state index in [1.807, 2.05) is 4.90 Å². The molecule has 0 aliphatic carbocycles. The van der Waals surface area contributed by atoms with Crippen LogP contribution in [0.4, 0.5) is 20.7 Å². The van der Waals surface area contributed by atoms with Gasteiger partial charge >= 0.3 is 0 Å². The van der Waals surface area contributed by atoms with E-state index >= 15 is 0 Å². The van der Waals surface area contributed by atoms with E-state index in [0.717, 1.165) is 44.5 Å². The Kier molecular flexibility index (Phi) is 6.04. The highest BCUT2D eigenvalue weighted by Crippen LogP contribution is 2.19. The summed E-state index contributed by atoms with van der Waals surface area (Å²) in [7, 11) is -0.737. The van der Waals surface area contributed by atoms with E-state index in [-0.39, 0.29) is 12.4 Å². The summed E-state index contributed by atoms with van der Waals surface area (Å²) in [5.74, 6) is -0.817. The number of aromatic nitrogens is 3. The molecule has 2 aromatic rings. The van der Waals surface area contributed by atoms with Crippen LogP contribution in [0.3, 0.4) is 0 Å². The van der Waals surface area contributed by atoms with Crippen LogP contribution in [0.5, 0.6) is 0 Å². The van der Waals surface area contributed by atoms with Crippen LogP contribution >= 0.6 is 0 Å². The molecule has 1 aliphatic rings. The van der Waals surface area contributed by atoms with E-state index in [4.69, 9.17) is 0 Å². The van der Waals surface area contributed by atoms with Gasteiger partial charge < -0.3 is 9.80 Å². The van der Waals surface area contributed by atoms with Gasteiger partial charge in [-0.2, -0.15) is 15.0 Å². The van der Waals surface area contributed by atoms with Crippen molar-refractivity contribution >= 4 is 21.9 Å². The fourth-order valence-electron chi connectivity index (χ4n) is 2.83. The molecule has 0 amide bonds. The maximum absolute atomic E-state index is 13.8. The van der Waals surface area contributed by atoms with E-state index < -0.39 is 26.6 Å². The molecule has 1 fully saturated rings. The molecule has 152 valence electrons. The highest BCUT2D eigenvalue weighted by Gasteiger charge is 2.22. The van der Waals surface area contributed by atoms with Gasteiger partial charge in [-0.1, -0.05) is 0 Å². The molecule has 0 radical (unpaired) electrons. The van der Waals surface area contributed by atoms with Crippen LogP contribution in [-0.2, 0) is 16.6 Å². The summed E-state index contributed by atoms with van der Waals surface area (Å²) < 4.78 is 54.1. The number of hydrogen-bond acceptors (Lipinski definition) is 7. The van der Waals surface area contributed by atoms with Crippen LogP contribution < -0.4 is 14.5 Å². The monoisotopic (exact) mass is 412 g/mol. The molecule has 1 aliphatic heterocycles. The lowest BCUT2D eigenvalue weighted by Crippen LogP contribution is -2.33. The highest BCUT2D eigenvalue weighted by atomic mass is 32.2. The van der Waals surface area contributed by atoms with Gasteiger partial charge in [0.2, 0.25) is 21.9 Å². The first-order valence-corrected chi connectivity index (χ1v) is 10.4. The third-order valence-corrected chi connectivity index (χ3v) is 5.72. The second-order valence-electron chi connectivity index (χ2n) is 6.69. The number of benzene rings is 1. The number of halogens is 2. The first-order chi connectivity index (χ1) is 13.3. The number of nitrogens with one attached hydrogen (secondary N) is 1. The smallest absolute Gasteiger partial charge is 0.243 e. The topological polar surface area (TPSA) is 91.3 Å². The number of rotatable bonds is 6. The molecular formula is C17H22F2N6O2S. The van der Waals surface area contributed by atoms with Crippen molar-refractivity contribution in [2.45, 2.75) is 30.7 Å². The summed E-state index contributed by atoms with van der Waals surface area (Å²) in [6.07, 6.45) is 3.21. The van der Waals surface area contributed by atoms with Crippen molar-refractivity contribution in [1.82, 2.24) is 19.7 Å². The van der Waals surface area contributed by atoms with Crippen molar-refractivity contribution in [3.63, 3.8) is 0 Å². The minimum Gasteiger partial charge on any atom is -0.347 e. The van der Waals surface area contributed by atoms with E-state index in [9.17, 15) is 17.2 Å². The zero-order chi connectivity index (χ0) is 20.3. The molecular weight excluding hydrogens is 390 g/mol. The average molecular weight is 412 g/mol. The van der Waals surface area contributed by atoms with Gasteiger partial charge in [-0.3, -0.25) is 0 Å². The van der Waals surface area contributed by atoms with Crippen LogP contribution in [0.25, 0.3) is 0 Å². The number of anilines is 2. The van der Waals surface area contributed by atoms with Gasteiger partial charge in [0.15, 0.2) is 5.82 Å². The van der Waals surface area contributed by atoms with Crippen LogP contribution in [0.2, 0.25) is 0 Å². The molecule has 0 bridgehead atoms. The van der Waals surface area contributed by atoms with Crippen molar-refractivity contribution in [1.29, 1.82) is 0 Å². The zero-order valence-electron chi connectivity index (χ0n) is 15.7. The van der Waals surface area contributed by atoms with Crippen molar-refractivity contribution in [2.75, 3.05) is 37.0 Å². The fourth-order valence-corrected chi connectivity index (χ4v) is 3.90. The standard InChI is InChI=1S/C17H22F2N6O2S/c1-24(2)16-21-15(22-17(23-16)25-8-4-3-5-9-25)11-20-28(26,27)14-10-12(18)6-7-13(14)19/h6-7,10,20H,3-5,8-9,11H2,1-2H3. The summed E-state index contributed by atoms with van der Waals surface area (Å²) in [6.45, 7) is 1.36. The second kappa shape index (κ2) is 8.31. The Balaban J connectivity index is 1.84. The molecule has 0 saturated carbocycles. The Morgan fingerprint density at radius 1 is 1.11 bits per heavy atom. The van der Waals surface area contributed by atoms with Crippen LogP contribution in [-0.4, -0.2) is 50.6 Å². The van der Waals surface area contributed by atoms with E-state index in [1.165, 1.54) is 0 Å². The van der Waals surface area contributed by atoms with Gasteiger partial charge in [0.05, 0.1) is 6.54 Å². The Morgan fingerprint density at radius 3 is 2.50 bits per heavy atom. The molecule has 0 spiro atoms. The first kappa shape index (κ1) is 20.3. The van der Waals surface area contributed by atoms with E-state index in [1.54, 1.807) is 19.0 Å². The van der Waals surface area contributed by atoms with Crippen molar-refractivity contribution < 1.29 is 17.2 Å². The van der Waals surface area contributed by atoms with Crippen LogP contribution in [0, 0.1) is 11.6 Å². The third-order valence-electron chi connectivity index (χ3n) is 4.30.